The Labute approximate surface area is 156 Å². The highest BCUT2D eigenvalue weighted by Crippen LogP contribution is 2.39. The lowest BCUT2D eigenvalue weighted by Crippen LogP contribution is -2.30. The maximum Gasteiger partial charge on any atom is 0.329 e. The van der Waals surface area contributed by atoms with E-state index in [1.165, 1.54) is 4.90 Å². The molecule has 138 valence electrons. The van der Waals surface area contributed by atoms with Gasteiger partial charge in [0, 0.05) is 11.6 Å². The van der Waals surface area contributed by atoms with Gasteiger partial charge in [0.05, 0.1) is 13.2 Å². The number of carbonyl (C=O) groups is 2. The van der Waals surface area contributed by atoms with Gasteiger partial charge in [0.1, 0.15) is 11.4 Å². The lowest BCUT2D eigenvalue weighted by molar-refractivity contribution is -0.123. The van der Waals surface area contributed by atoms with Crippen LogP contribution in [0.25, 0.3) is 6.08 Å². The van der Waals surface area contributed by atoms with E-state index in [1.807, 2.05) is 37.3 Å². The lowest BCUT2D eigenvalue weighted by atomic mass is 10.1. The van der Waals surface area contributed by atoms with Crippen LogP contribution in [-0.2, 0) is 11.3 Å². The zero-order valence-electron chi connectivity index (χ0n) is 14.7. The van der Waals surface area contributed by atoms with Crippen LogP contribution in [0, 0.1) is 0 Å². The van der Waals surface area contributed by atoms with Crippen molar-refractivity contribution in [1.29, 1.82) is 0 Å². The molecule has 0 aromatic heterocycles. The smallest absolute Gasteiger partial charge is 0.329 e. The number of amides is 3. The molecular formula is C20H18N2O5. The molecular weight excluding hydrogens is 348 g/mol. The SMILES string of the molecule is CCOc1cc2c(cc1C=C1NC(=O)N(Cc3ccccc3)C1=O)OCO2. The van der Waals surface area contributed by atoms with Crippen LogP contribution in [0.5, 0.6) is 17.2 Å². The van der Waals surface area contributed by atoms with Gasteiger partial charge in [0.25, 0.3) is 5.91 Å². The highest BCUT2D eigenvalue weighted by Gasteiger charge is 2.33. The number of imide groups is 1. The molecule has 0 bridgehead atoms. The van der Waals surface area contributed by atoms with Gasteiger partial charge in [-0.1, -0.05) is 30.3 Å². The van der Waals surface area contributed by atoms with E-state index >= 15 is 0 Å². The summed E-state index contributed by atoms with van der Waals surface area (Å²) in [4.78, 5) is 26.1. The van der Waals surface area contributed by atoms with Crippen LogP contribution in [0.1, 0.15) is 18.1 Å². The van der Waals surface area contributed by atoms with Crippen LogP contribution < -0.4 is 19.5 Å². The lowest BCUT2D eigenvalue weighted by Gasteiger charge is -2.11. The molecule has 1 saturated heterocycles. The third-order valence-corrected chi connectivity index (χ3v) is 4.25. The normalized spacial score (nSPS) is 16.8. The molecule has 7 nitrogen and oxygen atoms in total. The summed E-state index contributed by atoms with van der Waals surface area (Å²) in [6, 6.07) is 12.4. The average molecular weight is 366 g/mol. The molecule has 2 aliphatic heterocycles. The van der Waals surface area contributed by atoms with Crippen LogP contribution in [-0.4, -0.2) is 30.2 Å². The molecule has 0 atom stereocenters. The highest BCUT2D eigenvalue weighted by atomic mass is 16.7. The maximum atomic E-state index is 12.7. The van der Waals surface area contributed by atoms with Crippen LogP contribution in [0.4, 0.5) is 4.79 Å². The molecule has 0 unspecified atom stereocenters. The van der Waals surface area contributed by atoms with Gasteiger partial charge >= 0.3 is 6.03 Å². The van der Waals surface area contributed by atoms with Gasteiger partial charge in [-0.15, -0.1) is 0 Å². The van der Waals surface area contributed by atoms with Crippen LogP contribution in [0.3, 0.4) is 0 Å². The quantitative estimate of drug-likeness (QED) is 0.650. The molecule has 0 radical (unpaired) electrons. The van der Waals surface area contributed by atoms with Gasteiger partial charge in [-0.25, -0.2) is 4.79 Å². The first-order valence-electron chi connectivity index (χ1n) is 8.60. The van der Waals surface area contributed by atoms with E-state index < -0.39 is 6.03 Å². The molecule has 2 aliphatic rings. The number of ether oxygens (including phenoxy) is 3. The van der Waals surface area contributed by atoms with Gasteiger partial charge in [-0.05, 0) is 24.6 Å². The third kappa shape index (κ3) is 3.31. The predicted molar refractivity (Wildman–Crippen MR) is 97.2 cm³/mol. The number of urea groups is 1. The summed E-state index contributed by atoms with van der Waals surface area (Å²) in [6.07, 6.45) is 1.60. The Morgan fingerprint density at radius 3 is 2.63 bits per heavy atom. The largest absolute Gasteiger partial charge is 0.493 e. The first-order chi connectivity index (χ1) is 13.2. The second kappa shape index (κ2) is 7.03. The Hall–Kier alpha value is -3.48. The molecule has 1 N–H and O–H groups in total. The van der Waals surface area contributed by atoms with Crippen molar-refractivity contribution >= 4 is 18.0 Å². The Kier molecular flexibility index (Phi) is 4.42. The second-order valence-electron chi connectivity index (χ2n) is 6.04. The van der Waals surface area contributed by atoms with E-state index in [9.17, 15) is 9.59 Å². The summed E-state index contributed by atoms with van der Waals surface area (Å²) in [7, 11) is 0. The fraction of sp³-hybridized carbons (Fsp3) is 0.200. The molecule has 2 aromatic carbocycles. The van der Waals surface area contributed by atoms with E-state index in [2.05, 4.69) is 5.32 Å². The summed E-state index contributed by atoms with van der Waals surface area (Å²) in [6.45, 7) is 2.67. The average Bonchev–Trinajstić information content (AvgIpc) is 3.22. The summed E-state index contributed by atoms with van der Waals surface area (Å²) in [5, 5.41) is 2.63. The molecule has 2 heterocycles. The topological polar surface area (TPSA) is 77.1 Å². The molecule has 0 aliphatic carbocycles. The molecule has 3 amide bonds. The molecule has 7 heteroatoms. The minimum atomic E-state index is -0.450. The third-order valence-electron chi connectivity index (χ3n) is 4.25. The highest BCUT2D eigenvalue weighted by molar-refractivity contribution is 6.14. The van der Waals surface area contributed by atoms with E-state index in [0.717, 1.165) is 5.56 Å². The minimum absolute atomic E-state index is 0.140. The Morgan fingerprint density at radius 1 is 1.15 bits per heavy atom. The predicted octanol–water partition coefficient (Wildman–Crippen LogP) is 2.91. The Balaban J connectivity index is 1.63. The molecule has 2 aromatic rings. The fourth-order valence-electron chi connectivity index (χ4n) is 2.97. The van der Waals surface area contributed by atoms with Crippen molar-refractivity contribution < 1.29 is 23.8 Å². The molecule has 27 heavy (non-hydrogen) atoms. The second-order valence-corrected chi connectivity index (χ2v) is 6.04. The number of rotatable bonds is 5. The summed E-state index contributed by atoms with van der Waals surface area (Å²) >= 11 is 0. The zero-order valence-corrected chi connectivity index (χ0v) is 14.7. The standard InChI is InChI=1S/C20H18N2O5/c1-2-25-16-10-18-17(26-12-27-18)9-14(16)8-15-19(23)22(20(24)21-15)11-13-6-4-3-5-7-13/h3-10H,2,11-12H2,1H3,(H,21,24). The summed E-state index contributed by atoms with van der Waals surface area (Å²) < 4.78 is 16.4. The Morgan fingerprint density at radius 2 is 1.89 bits per heavy atom. The first kappa shape index (κ1) is 17.0. The number of hydrogen-bond donors (Lipinski definition) is 1. The van der Waals surface area contributed by atoms with Gasteiger partial charge in [0.2, 0.25) is 6.79 Å². The Bertz CT molecular complexity index is 923. The van der Waals surface area contributed by atoms with Gasteiger partial charge < -0.3 is 19.5 Å². The van der Waals surface area contributed by atoms with E-state index in [-0.39, 0.29) is 24.9 Å². The van der Waals surface area contributed by atoms with E-state index in [4.69, 9.17) is 14.2 Å². The van der Waals surface area contributed by atoms with Gasteiger partial charge in [-0.2, -0.15) is 0 Å². The number of nitrogens with zero attached hydrogens (tertiary/aromatic N) is 1. The van der Waals surface area contributed by atoms with Crippen molar-refractivity contribution in [3.63, 3.8) is 0 Å². The number of carbonyl (C=O) groups excluding carboxylic acids is 2. The van der Waals surface area contributed by atoms with Crippen LogP contribution in [0.2, 0.25) is 0 Å². The minimum Gasteiger partial charge on any atom is -0.493 e. The van der Waals surface area contributed by atoms with Crippen LogP contribution in [0.15, 0.2) is 48.2 Å². The van der Waals surface area contributed by atoms with E-state index in [1.54, 1.807) is 18.2 Å². The molecule has 4 rings (SSSR count). The van der Waals surface area contributed by atoms with E-state index in [0.29, 0.717) is 29.4 Å². The summed E-state index contributed by atoms with van der Waals surface area (Å²) in [5.74, 6) is 1.33. The number of hydrogen-bond acceptors (Lipinski definition) is 5. The molecule has 0 spiro atoms. The fourth-order valence-corrected chi connectivity index (χ4v) is 2.97. The van der Waals surface area contributed by atoms with Crippen molar-refractivity contribution in [3.05, 3.63) is 59.3 Å². The molecule has 0 saturated carbocycles. The van der Waals surface area contributed by atoms with Crippen molar-refractivity contribution in [3.8, 4) is 17.2 Å². The van der Waals surface area contributed by atoms with Crippen molar-refractivity contribution in [2.45, 2.75) is 13.5 Å². The number of benzene rings is 2. The van der Waals surface area contributed by atoms with Crippen molar-refractivity contribution in [2.75, 3.05) is 13.4 Å². The van der Waals surface area contributed by atoms with Crippen molar-refractivity contribution in [2.24, 2.45) is 0 Å². The van der Waals surface area contributed by atoms with Crippen LogP contribution >= 0.6 is 0 Å². The number of fused-ring (bicyclic) bond motifs is 1. The maximum absolute atomic E-state index is 12.7. The summed E-state index contributed by atoms with van der Waals surface area (Å²) in [5.41, 5.74) is 1.70. The van der Waals surface area contributed by atoms with Gasteiger partial charge in [-0.3, -0.25) is 9.69 Å². The van der Waals surface area contributed by atoms with Gasteiger partial charge in [0.15, 0.2) is 11.5 Å². The monoisotopic (exact) mass is 366 g/mol. The molecule has 1 fully saturated rings. The van der Waals surface area contributed by atoms with Crippen molar-refractivity contribution in [1.82, 2.24) is 10.2 Å². The zero-order chi connectivity index (χ0) is 18.8. The first-order valence-corrected chi connectivity index (χ1v) is 8.60. The number of nitrogens with one attached hydrogen (secondary N) is 1.